The van der Waals surface area contributed by atoms with Crippen LogP contribution in [0.25, 0.3) is 0 Å². The predicted octanol–water partition coefficient (Wildman–Crippen LogP) is 4.85. The zero-order valence-electron chi connectivity index (χ0n) is 12.0. The van der Waals surface area contributed by atoms with Gasteiger partial charge in [0.15, 0.2) is 0 Å². The van der Waals surface area contributed by atoms with Crippen LogP contribution < -0.4 is 4.74 Å². The minimum atomic E-state index is -0.964. The van der Waals surface area contributed by atoms with Crippen LogP contribution in [0.15, 0.2) is 46.9 Å². The van der Waals surface area contributed by atoms with Crippen LogP contribution in [0.3, 0.4) is 0 Å². The van der Waals surface area contributed by atoms with Gasteiger partial charge in [-0.05, 0) is 51.2 Å². The highest BCUT2D eigenvalue weighted by atomic mass is 79.9. The number of halogens is 1. The number of aromatic carboxylic acids is 1. The van der Waals surface area contributed by atoms with Gasteiger partial charge in [0.1, 0.15) is 12.4 Å². The van der Waals surface area contributed by atoms with Crippen molar-refractivity contribution < 1.29 is 14.6 Å². The van der Waals surface area contributed by atoms with E-state index in [1.54, 1.807) is 6.07 Å². The van der Waals surface area contributed by atoms with Gasteiger partial charge in [-0.25, -0.2) is 4.79 Å². The quantitative estimate of drug-likeness (QED) is 0.839. The Hall–Kier alpha value is -1.81. The first kappa shape index (κ1) is 15.6. The number of ether oxygens (including phenoxy) is 1. The molecule has 0 aromatic heterocycles. The van der Waals surface area contributed by atoms with Crippen molar-refractivity contribution in [1.82, 2.24) is 0 Å². The highest BCUT2D eigenvalue weighted by Crippen LogP contribution is 2.27. The molecule has 2 aromatic carbocycles. The van der Waals surface area contributed by atoms with Crippen LogP contribution >= 0.6 is 15.9 Å². The molecule has 2 rings (SSSR count). The number of rotatable bonds is 5. The number of benzene rings is 2. The second kappa shape index (κ2) is 6.76. The Morgan fingerprint density at radius 1 is 1.19 bits per heavy atom. The van der Waals surface area contributed by atoms with Crippen LogP contribution in [0.1, 0.15) is 41.3 Å². The molecule has 21 heavy (non-hydrogen) atoms. The first-order valence-corrected chi connectivity index (χ1v) is 7.51. The fraction of sp³-hybridized carbons (Fsp3) is 0.235. The summed E-state index contributed by atoms with van der Waals surface area (Å²) in [6.45, 7) is 4.71. The van der Waals surface area contributed by atoms with Crippen molar-refractivity contribution in [2.75, 3.05) is 0 Å². The topological polar surface area (TPSA) is 46.5 Å². The molecule has 0 bridgehead atoms. The van der Waals surface area contributed by atoms with E-state index < -0.39 is 5.97 Å². The molecule has 0 saturated carbocycles. The molecule has 0 unspecified atom stereocenters. The van der Waals surface area contributed by atoms with E-state index in [9.17, 15) is 4.79 Å². The van der Waals surface area contributed by atoms with Crippen molar-refractivity contribution >= 4 is 21.9 Å². The van der Waals surface area contributed by atoms with Gasteiger partial charge in [-0.1, -0.05) is 38.1 Å². The van der Waals surface area contributed by atoms with E-state index in [0.29, 0.717) is 18.3 Å². The largest absolute Gasteiger partial charge is 0.488 e. The zero-order valence-corrected chi connectivity index (χ0v) is 13.6. The zero-order chi connectivity index (χ0) is 15.4. The van der Waals surface area contributed by atoms with Crippen molar-refractivity contribution in [2.45, 2.75) is 26.4 Å². The van der Waals surface area contributed by atoms with Crippen molar-refractivity contribution in [3.05, 3.63) is 63.6 Å². The number of carboxylic acid groups (broad SMARTS) is 1. The fourth-order valence-electron chi connectivity index (χ4n) is 1.91. The Morgan fingerprint density at radius 2 is 1.86 bits per heavy atom. The third-order valence-electron chi connectivity index (χ3n) is 3.22. The van der Waals surface area contributed by atoms with Crippen LogP contribution in [-0.4, -0.2) is 11.1 Å². The molecule has 1 N–H and O–H groups in total. The van der Waals surface area contributed by atoms with E-state index >= 15 is 0 Å². The summed E-state index contributed by atoms with van der Waals surface area (Å²) in [7, 11) is 0. The fourth-order valence-corrected chi connectivity index (χ4v) is 2.27. The Morgan fingerprint density at radius 3 is 2.43 bits per heavy atom. The SMILES string of the molecule is CC(C)c1ccc(COc2cc(C(=O)O)ccc2Br)cc1. The summed E-state index contributed by atoms with van der Waals surface area (Å²) in [5.41, 5.74) is 2.54. The molecular weight excluding hydrogens is 332 g/mol. The lowest BCUT2D eigenvalue weighted by Crippen LogP contribution is -2.00. The Balaban J connectivity index is 2.09. The van der Waals surface area contributed by atoms with Gasteiger partial charge < -0.3 is 9.84 Å². The third kappa shape index (κ3) is 4.08. The summed E-state index contributed by atoms with van der Waals surface area (Å²) >= 11 is 3.37. The van der Waals surface area contributed by atoms with Crippen LogP contribution in [-0.2, 0) is 6.61 Å². The van der Waals surface area contributed by atoms with Gasteiger partial charge in [0.2, 0.25) is 0 Å². The average Bonchev–Trinajstić information content (AvgIpc) is 2.46. The minimum Gasteiger partial charge on any atom is -0.488 e. The Labute approximate surface area is 132 Å². The lowest BCUT2D eigenvalue weighted by Gasteiger charge is -2.10. The first-order valence-electron chi connectivity index (χ1n) is 6.72. The summed E-state index contributed by atoms with van der Waals surface area (Å²) in [5.74, 6) is 0.0674. The second-order valence-electron chi connectivity index (χ2n) is 5.14. The van der Waals surface area contributed by atoms with E-state index in [4.69, 9.17) is 9.84 Å². The van der Waals surface area contributed by atoms with Crippen molar-refractivity contribution in [3.63, 3.8) is 0 Å². The van der Waals surface area contributed by atoms with Gasteiger partial charge in [-0.15, -0.1) is 0 Å². The lowest BCUT2D eigenvalue weighted by atomic mass is 10.0. The maximum atomic E-state index is 11.0. The molecular formula is C17H17BrO3. The summed E-state index contributed by atoms with van der Waals surface area (Å²) in [5, 5.41) is 9.00. The van der Waals surface area contributed by atoms with Gasteiger partial charge >= 0.3 is 5.97 Å². The molecule has 0 aliphatic heterocycles. The van der Waals surface area contributed by atoms with E-state index in [1.165, 1.54) is 17.7 Å². The monoisotopic (exact) mass is 348 g/mol. The van der Waals surface area contributed by atoms with Crippen molar-refractivity contribution in [2.24, 2.45) is 0 Å². The van der Waals surface area contributed by atoms with Crippen LogP contribution in [0.5, 0.6) is 5.75 Å². The molecule has 3 nitrogen and oxygen atoms in total. The molecule has 2 aromatic rings. The molecule has 0 atom stereocenters. The maximum absolute atomic E-state index is 11.0. The van der Waals surface area contributed by atoms with E-state index in [1.807, 2.05) is 12.1 Å². The molecule has 0 aliphatic rings. The van der Waals surface area contributed by atoms with E-state index in [0.717, 1.165) is 10.0 Å². The smallest absolute Gasteiger partial charge is 0.335 e. The number of carboxylic acids is 1. The molecule has 0 aliphatic carbocycles. The number of hydrogen-bond donors (Lipinski definition) is 1. The van der Waals surface area contributed by atoms with Crippen LogP contribution in [0, 0.1) is 0 Å². The molecule has 110 valence electrons. The van der Waals surface area contributed by atoms with Gasteiger partial charge in [0.25, 0.3) is 0 Å². The highest BCUT2D eigenvalue weighted by molar-refractivity contribution is 9.10. The predicted molar refractivity (Wildman–Crippen MR) is 86.0 cm³/mol. The molecule has 0 heterocycles. The molecule has 0 amide bonds. The maximum Gasteiger partial charge on any atom is 0.335 e. The first-order chi connectivity index (χ1) is 9.97. The summed E-state index contributed by atoms with van der Waals surface area (Å²) in [6.07, 6.45) is 0. The van der Waals surface area contributed by atoms with E-state index in [-0.39, 0.29) is 5.56 Å². The van der Waals surface area contributed by atoms with Crippen molar-refractivity contribution in [3.8, 4) is 5.75 Å². The Bertz CT molecular complexity index is 633. The highest BCUT2D eigenvalue weighted by Gasteiger charge is 2.08. The average molecular weight is 349 g/mol. The van der Waals surface area contributed by atoms with Gasteiger partial charge in [-0.2, -0.15) is 0 Å². The molecule has 0 spiro atoms. The van der Waals surface area contributed by atoms with Gasteiger partial charge in [-0.3, -0.25) is 0 Å². The second-order valence-corrected chi connectivity index (χ2v) is 5.99. The molecule has 4 heteroatoms. The van der Waals surface area contributed by atoms with Gasteiger partial charge in [0, 0.05) is 0 Å². The van der Waals surface area contributed by atoms with Crippen LogP contribution in [0.2, 0.25) is 0 Å². The standard InChI is InChI=1S/C17H17BrO3/c1-11(2)13-5-3-12(4-6-13)10-21-16-9-14(17(19)20)7-8-15(16)18/h3-9,11H,10H2,1-2H3,(H,19,20). The number of hydrogen-bond acceptors (Lipinski definition) is 2. The Kier molecular flexibility index (Phi) is 5.02. The minimum absolute atomic E-state index is 0.211. The lowest BCUT2D eigenvalue weighted by molar-refractivity contribution is 0.0696. The normalized spacial score (nSPS) is 10.7. The molecule has 0 saturated heterocycles. The van der Waals surface area contributed by atoms with E-state index in [2.05, 4.69) is 41.9 Å². The third-order valence-corrected chi connectivity index (χ3v) is 3.87. The van der Waals surface area contributed by atoms with Crippen molar-refractivity contribution in [1.29, 1.82) is 0 Å². The summed E-state index contributed by atoms with van der Waals surface area (Å²) < 4.78 is 6.45. The summed E-state index contributed by atoms with van der Waals surface area (Å²) in [6, 6.07) is 13.0. The number of carbonyl (C=O) groups is 1. The summed E-state index contributed by atoms with van der Waals surface area (Å²) in [4.78, 5) is 11.0. The van der Waals surface area contributed by atoms with Gasteiger partial charge in [0.05, 0.1) is 10.0 Å². The van der Waals surface area contributed by atoms with Crippen LogP contribution in [0.4, 0.5) is 0 Å². The molecule has 0 radical (unpaired) electrons. The molecule has 0 fully saturated rings.